The summed E-state index contributed by atoms with van der Waals surface area (Å²) in [5, 5.41) is 4.35. The standard InChI is InChI=1S/C58H52Ge2N4O.Pt/c1-58(2,3)42-31-34-61-55(35-42)64-50-26-15-14-23-47(50)48-30-29-43(37-53(48)64)65-44-36-49-56(60(6,7)33-32-59(49,4)5)54(38-44)62-39-63(52-28-17-16-27-51(52)62)57-45(40-19-10-8-11-20-40)24-18-25-46(57)41-21-12-9-13-22-41;/h8-31,34-36H,32-33H2,1-7H3;/q-2;/i8D,9D,10D,11D,12D,13D,19D,20D,21D,22D;. The first-order valence-electron chi connectivity index (χ1n) is 26.9. The number of ether oxygens (including phenoxy) is 1. The van der Waals surface area contributed by atoms with Crippen molar-refractivity contribution in [3.8, 4) is 50.9 Å². The molecular formula is C58H52Ge2N4OPt-2. The SMILES string of the molecule is [2H]c1c([2H])c([2H])c(-c2cccc(-c3c([2H])c([2H])c([2H])c([2H])c3[2H])c2-[n+]2[c-]n(-c3[c-]c(Oc4[c-]c5c(cc4)c4ccccc4n5-c4cc(C(C)(C)C)ccn4)c[c]4[c]3[Ge]([CH3])([CH3])[CH2][CH2][Ge]4([CH3])[CH3])c3ccccc32)c([2H])c1[2H].[Pt]. The third-order valence-corrected chi connectivity index (χ3v) is 30.4. The molecule has 11 rings (SSSR count). The van der Waals surface area contributed by atoms with Crippen LogP contribution < -0.4 is 18.1 Å². The Morgan fingerprint density at radius 2 is 1.33 bits per heavy atom. The number of imidazole rings is 1. The molecule has 330 valence electrons. The van der Waals surface area contributed by atoms with Crippen LogP contribution in [-0.2, 0) is 26.5 Å². The normalized spacial score (nSPS) is 16.4. The summed E-state index contributed by atoms with van der Waals surface area (Å²) >= 11 is -5.69. The van der Waals surface area contributed by atoms with Crippen molar-refractivity contribution in [2.75, 3.05) is 0 Å². The van der Waals surface area contributed by atoms with E-state index in [1.54, 1.807) is 22.8 Å². The van der Waals surface area contributed by atoms with Crippen LogP contribution in [0.4, 0.5) is 0 Å². The summed E-state index contributed by atoms with van der Waals surface area (Å²) in [6.45, 7) is 6.57. The molecule has 0 aliphatic carbocycles. The van der Waals surface area contributed by atoms with Crippen molar-refractivity contribution in [3.05, 3.63) is 188 Å². The number of benzene rings is 7. The second kappa shape index (κ2) is 17.0. The van der Waals surface area contributed by atoms with E-state index in [0.717, 1.165) is 49.4 Å². The van der Waals surface area contributed by atoms with Crippen molar-refractivity contribution >= 4 is 68.2 Å². The number of aromatic nitrogens is 4. The van der Waals surface area contributed by atoms with Gasteiger partial charge in [0, 0.05) is 21.1 Å². The summed E-state index contributed by atoms with van der Waals surface area (Å²) in [6.07, 6.45) is 5.52. The first-order valence-corrected chi connectivity index (χ1v) is 35.4. The molecule has 0 N–H and O–H groups in total. The average molecular weight is 1170 g/mol. The van der Waals surface area contributed by atoms with Crippen LogP contribution in [0.5, 0.6) is 11.5 Å². The predicted octanol–water partition coefficient (Wildman–Crippen LogP) is 13.1. The Bertz CT molecular complexity index is 3930. The minimum atomic E-state index is -2.90. The summed E-state index contributed by atoms with van der Waals surface area (Å²) in [4.78, 5) is 4.88. The van der Waals surface area contributed by atoms with E-state index in [2.05, 4.69) is 103 Å². The van der Waals surface area contributed by atoms with Gasteiger partial charge in [-0.3, -0.25) is 0 Å². The molecule has 1 aliphatic heterocycles. The molecule has 7 aromatic carbocycles. The van der Waals surface area contributed by atoms with Crippen molar-refractivity contribution < 1.29 is 44.1 Å². The van der Waals surface area contributed by atoms with Crippen molar-refractivity contribution in [2.24, 2.45) is 0 Å². The molecule has 0 radical (unpaired) electrons. The largest absolute Gasteiger partial charge is 0 e. The van der Waals surface area contributed by atoms with E-state index < -0.39 is 87.0 Å². The number of fused-ring (bicyclic) bond motifs is 5. The molecule has 0 spiro atoms. The molecule has 10 aromatic rings. The molecule has 3 aromatic heterocycles. The van der Waals surface area contributed by atoms with Gasteiger partial charge in [-0.15, -0.1) is 0 Å². The summed E-state index contributed by atoms with van der Waals surface area (Å²) in [7, 11) is 0. The minimum absolute atomic E-state index is 0. The molecule has 0 saturated heterocycles. The summed E-state index contributed by atoms with van der Waals surface area (Å²) in [5.41, 5.74) is 5.28. The molecule has 0 unspecified atom stereocenters. The molecule has 4 heterocycles. The zero-order valence-corrected chi connectivity index (χ0v) is 44.2. The second-order valence-electron chi connectivity index (χ2n) is 19.2. The third kappa shape index (κ3) is 7.71. The number of rotatable bonds is 7. The average Bonchev–Trinajstić information content (AvgIpc) is 3.98. The van der Waals surface area contributed by atoms with Gasteiger partial charge in [-0.05, 0) is 0 Å². The predicted molar refractivity (Wildman–Crippen MR) is 273 cm³/mol. The summed E-state index contributed by atoms with van der Waals surface area (Å²) in [5.74, 6) is 11.5. The van der Waals surface area contributed by atoms with Crippen LogP contribution in [0.1, 0.15) is 40.0 Å². The van der Waals surface area contributed by atoms with Crippen molar-refractivity contribution in [3.63, 3.8) is 0 Å². The number of nitrogens with zero attached hydrogens (tertiary/aromatic N) is 4. The Kier molecular flexibility index (Phi) is 8.74. The summed E-state index contributed by atoms with van der Waals surface area (Å²) < 4.78 is 104. The van der Waals surface area contributed by atoms with Crippen LogP contribution >= 0.6 is 0 Å². The van der Waals surface area contributed by atoms with Gasteiger partial charge < -0.3 is 0 Å². The van der Waals surface area contributed by atoms with Crippen LogP contribution in [-0.4, -0.2) is 40.7 Å². The zero-order valence-electron chi connectivity index (χ0n) is 47.7. The zero-order chi connectivity index (χ0) is 53.4. The molecule has 66 heavy (non-hydrogen) atoms. The van der Waals surface area contributed by atoms with Crippen LogP contribution in [0.25, 0.3) is 72.3 Å². The molecular weight excluding hydrogens is 1110 g/mol. The van der Waals surface area contributed by atoms with E-state index in [4.69, 9.17) is 17.9 Å². The second-order valence-corrected chi connectivity index (χ2v) is 39.3. The monoisotopic (exact) mass is 1170 g/mol. The van der Waals surface area contributed by atoms with Crippen LogP contribution in [0.15, 0.2) is 164 Å². The van der Waals surface area contributed by atoms with Gasteiger partial charge in [-0.2, -0.15) is 0 Å². The number of pyridine rings is 1. The smallest absolute Gasteiger partial charge is 0 e. The maximum Gasteiger partial charge on any atom is 0 e. The molecule has 1 aliphatic rings. The molecule has 0 atom stereocenters. The van der Waals surface area contributed by atoms with Gasteiger partial charge in [-0.25, -0.2) is 0 Å². The van der Waals surface area contributed by atoms with Gasteiger partial charge in [0.25, 0.3) is 0 Å². The maximum atomic E-state index is 9.18. The van der Waals surface area contributed by atoms with E-state index in [-0.39, 0.29) is 54.4 Å². The fourth-order valence-corrected chi connectivity index (χ4v) is 40.4. The molecule has 0 saturated carbocycles. The summed E-state index contributed by atoms with van der Waals surface area (Å²) in [6, 6.07) is 33.6. The molecule has 5 nitrogen and oxygen atoms in total. The van der Waals surface area contributed by atoms with Gasteiger partial charge in [0.2, 0.25) is 0 Å². The number of hydrogen-bond donors (Lipinski definition) is 0. The van der Waals surface area contributed by atoms with Gasteiger partial charge >= 0.3 is 383 Å². The van der Waals surface area contributed by atoms with Gasteiger partial charge in [0.05, 0.1) is 0 Å². The van der Waals surface area contributed by atoms with Crippen molar-refractivity contribution in [1.82, 2.24) is 14.1 Å². The van der Waals surface area contributed by atoms with Crippen molar-refractivity contribution in [2.45, 2.75) is 59.7 Å². The Labute approximate surface area is 422 Å². The minimum Gasteiger partial charge on any atom is 0 e. The van der Waals surface area contributed by atoms with Crippen LogP contribution in [0, 0.1) is 18.5 Å². The Hall–Kier alpha value is -5.47. The van der Waals surface area contributed by atoms with Gasteiger partial charge in [0.15, 0.2) is 0 Å². The Morgan fingerprint density at radius 1 is 0.682 bits per heavy atom. The van der Waals surface area contributed by atoms with Crippen LogP contribution in [0.3, 0.4) is 0 Å². The fourth-order valence-electron chi connectivity index (χ4n) is 9.52. The first-order chi connectivity index (χ1) is 35.5. The van der Waals surface area contributed by atoms with E-state index in [1.807, 2.05) is 53.2 Å². The fraction of sp³-hybridized carbons (Fsp3) is 0.172. The quantitative estimate of drug-likeness (QED) is 0.0906. The molecule has 0 amide bonds. The Morgan fingerprint density at radius 3 is 2.03 bits per heavy atom. The number of hydrogen-bond acceptors (Lipinski definition) is 2. The van der Waals surface area contributed by atoms with E-state index in [9.17, 15) is 5.48 Å². The molecule has 0 bridgehead atoms. The Balaban J connectivity index is 0.00000657. The maximum absolute atomic E-state index is 9.18. The van der Waals surface area contributed by atoms with E-state index in [0.29, 0.717) is 22.5 Å². The molecule has 8 heteroatoms. The number of para-hydroxylation sites is 4. The van der Waals surface area contributed by atoms with Gasteiger partial charge in [0.1, 0.15) is 0 Å². The van der Waals surface area contributed by atoms with E-state index in [1.165, 1.54) is 8.79 Å². The first kappa shape index (κ1) is 33.9. The molecule has 0 fully saturated rings. The third-order valence-electron chi connectivity index (χ3n) is 13.0. The van der Waals surface area contributed by atoms with E-state index >= 15 is 0 Å². The van der Waals surface area contributed by atoms with Gasteiger partial charge in [-0.1, -0.05) is 20.8 Å². The van der Waals surface area contributed by atoms with Crippen LogP contribution in [0.2, 0.25) is 33.5 Å². The van der Waals surface area contributed by atoms with Crippen molar-refractivity contribution in [1.29, 1.82) is 0 Å². The topological polar surface area (TPSA) is 35.9 Å².